The summed E-state index contributed by atoms with van der Waals surface area (Å²) in [5, 5.41) is 23.5. The third kappa shape index (κ3) is 9.41. The Bertz CT molecular complexity index is 1660. The second-order valence-electron chi connectivity index (χ2n) is 12.6. The van der Waals surface area contributed by atoms with E-state index in [1.165, 1.54) is 6.92 Å². The van der Waals surface area contributed by atoms with Crippen molar-refractivity contribution in [3.8, 4) is 11.1 Å². The highest BCUT2D eigenvalue weighted by Crippen LogP contribution is 2.39. The minimum Gasteiger partial charge on any atom is -0.453 e. The van der Waals surface area contributed by atoms with Crippen LogP contribution < -0.4 is 5.32 Å². The quantitative estimate of drug-likeness (QED) is 0.149. The van der Waals surface area contributed by atoms with Crippen molar-refractivity contribution < 1.29 is 34.0 Å². The zero-order valence-electron chi connectivity index (χ0n) is 28.5. The smallest absolute Gasteiger partial charge is 0.303 e. The molecule has 0 aliphatic carbocycles. The summed E-state index contributed by atoms with van der Waals surface area (Å²) in [5.74, 6) is -0.869. The zero-order chi connectivity index (χ0) is 34.9. The first kappa shape index (κ1) is 35.9. The summed E-state index contributed by atoms with van der Waals surface area (Å²) in [4.78, 5) is 25.8. The molecular formula is C40H46N2O7. The van der Waals surface area contributed by atoms with Gasteiger partial charge in [0.15, 0.2) is 12.4 Å². The molecule has 0 spiro atoms. The predicted molar refractivity (Wildman–Crippen MR) is 187 cm³/mol. The number of ether oxygens (including phenoxy) is 3. The van der Waals surface area contributed by atoms with Crippen LogP contribution in [0.2, 0.25) is 0 Å². The molecule has 0 aromatic heterocycles. The molecule has 1 heterocycles. The molecule has 1 saturated heterocycles. The number of carbonyl (C=O) groups excluding carboxylic acids is 2. The largest absolute Gasteiger partial charge is 0.453 e. The number of aliphatic hydroxyl groups is 2. The van der Waals surface area contributed by atoms with Gasteiger partial charge in [-0.25, -0.2) is 0 Å². The number of esters is 1. The van der Waals surface area contributed by atoms with Gasteiger partial charge < -0.3 is 29.7 Å². The summed E-state index contributed by atoms with van der Waals surface area (Å²) < 4.78 is 18.2. The molecule has 3 N–H and O–H groups in total. The molecule has 5 rings (SSSR count). The summed E-state index contributed by atoms with van der Waals surface area (Å²) in [6, 6.07) is 33.2. The van der Waals surface area contributed by atoms with Crippen LogP contribution in [0.1, 0.15) is 73.5 Å². The summed E-state index contributed by atoms with van der Waals surface area (Å²) in [5.41, 5.74) is 6.43. The Labute approximate surface area is 288 Å². The fraction of sp³-hybridized carbons (Fsp3) is 0.350. The minimum absolute atomic E-state index is 0.0260. The SMILES string of the molecule is CC(=O)OC(C)C(=O)NCc1ccccc1-c1ccc(C2OC(CN(C)C(C)C(O)c3ccccc3)CC(c3ccc(CO)cc3)O2)cc1. The molecule has 6 unspecified atom stereocenters. The van der Waals surface area contributed by atoms with Crippen LogP contribution in [-0.2, 0) is 37.0 Å². The molecule has 1 aliphatic rings. The number of aliphatic hydroxyl groups excluding tert-OH is 2. The number of hydrogen-bond donors (Lipinski definition) is 3. The summed E-state index contributed by atoms with van der Waals surface area (Å²) in [6.07, 6.45) is -1.95. The van der Waals surface area contributed by atoms with Crippen LogP contribution >= 0.6 is 0 Å². The summed E-state index contributed by atoms with van der Waals surface area (Å²) in [7, 11) is 2.00. The van der Waals surface area contributed by atoms with Gasteiger partial charge in [0.2, 0.25) is 0 Å². The maximum Gasteiger partial charge on any atom is 0.303 e. The van der Waals surface area contributed by atoms with Gasteiger partial charge in [-0.15, -0.1) is 0 Å². The predicted octanol–water partition coefficient (Wildman–Crippen LogP) is 6.01. The van der Waals surface area contributed by atoms with Gasteiger partial charge in [-0.2, -0.15) is 0 Å². The van der Waals surface area contributed by atoms with Crippen LogP contribution in [0, 0.1) is 0 Å². The molecule has 1 amide bonds. The van der Waals surface area contributed by atoms with Gasteiger partial charge in [0.05, 0.1) is 24.9 Å². The first-order valence-electron chi connectivity index (χ1n) is 16.7. The molecule has 258 valence electrons. The Kier molecular flexibility index (Phi) is 12.3. The molecule has 9 heteroatoms. The van der Waals surface area contributed by atoms with E-state index < -0.39 is 24.5 Å². The topological polar surface area (TPSA) is 118 Å². The number of nitrogens with zero attached hydrogens (tertiary/aromatic N) is 1. The molecule has 0 bridgehead atoms. The molecule has 9 nitrogen and oxygen atoms in total. The second-order valence-corrected chi connectivity index (χ2v) is 12.6. The van der Waals surface area contributed by atoms with Crippen LogP contribution in [0.5, 0.6) is 0 Å². The lowest BCUT2D eigenvalue weighted by molar-refractivity contribution is -0.253. The molecule has 1 aliphatic heterocycles. The number of carbonyl (C=O) groups is 2. The van der Waals surface area contributed by atoms with E-state index in [0.717, 1.165) is 38.9 Å². The number of hydrogen-bond acceptors (Lipinski definition) is 8. The number of benzene rings is 4. The molecule has 49 heavy (non-hydrogen) atoms. The molecule has 6 atom stereocenters. The van der Waals surface area contributed by atoms with Crippen LogP contribution in [0.15, 0.2) is 103 Å². The molecule has 4 aromatic rings. The lowest BCUT2D eigenvalue weighted by Gasteiger charge is -2.39. The average molecular weight is 667 g/mol. The number of likely N-dealkylation sites (N-methyl/N-ethyl adjacent to an activating group) is 1. The highest BCUT2D eigenvalue weighted by Gasteiger charge is 2.34. The summed E-state index contributed by atoms with van der Waals surface area (Å²) >= 11 is 0. The lowest BCUT2D eigenvalue weighted by atomic mass is 9.97. The van der Waals surface area contributed by atoms with Crippen molar-refractivity contribution in [2.45, 2.75) is 77.1 Å². The first-order chi connectivity index (χ1) is 23.6. The average Bonchev–Trinajstić information content (AvgIpc) is 3.13. The normalized spacial score (nSPS) is 19.5. The van der Waals surface area contributed by atoms with Crippen molar-refractivity contribution in [2.75, 3.05) is 13.6 Å². The fourth-order valence-corrected chi connectivity index (χ4v) is 6.09. The van der Waals surface area contributed by atoms with Crippen molar-refractivity contribution in [2.24, 2.45) is 0 Å². The Morgan fingerprint density at radius 3 is 2.22 bits per heavy atom. The highest BCUT2D eigenvalue weighted by molar-refractivity contribution is 5.83. The van der Waals surface area contributed by atoms with E-state index in [-0.39, 0.29) is 37.3 Å². The van der Waals surface area contributed by atoms with E-state index in [0.29, 0.717) is 13.0 Å². The van der Waals surface area contributed by atoms with E-state index in [1.54, 1.807) is 6.92 Å². The van der Waals surface area contributed by atoms with Gasteiger partial charge in [-0.05, 0) is 54.3 Å². The van der Waals surface area contributed by atoms with Crippen molar-refractivity contribution in [1.82, 2.24) is 10.2 Å². The zero-order valence-corrected chi connectivity index (χ0v) is 28.5. The molecular weight excluding hydrogens is 620 g/mol. The monoisotopic (exact) mass is 666 g/mol. The second kappa shape index (κ2) is 16.8. The van der Waals surface area contributed by atoms with Gasteiger partial charge in [0.1, 0.15) is 0 Å². The van der Waals surface area contributed by atoms with Gasteiger partial charge in [-0.3, -0.25) is 14.5 Å². The van der Waals surface area contributed by atoms with E-state index in [2.05, 4.69) is 10.2 Å². The minimum atomic E-state index is -0.878. The van der Waals surface area contributed by atoms with Crippen LogP contribution in [0.4, 0.5) is 0 Å². The van der Waals surface area contributed by atoms with E-state index in [4.69, 9.17) is 14.2 Å². The maximum absolute atomic E-state index is 12.5. The van der Waals surface area contributed by atoms with Crippen LogP contribution in [0.25, 0.3) is 11.1 Å². The molecule has 0 radical (unpaired) electrons. The maximum atomic E-state index is 12.5. The van der Waals surface area contributed by atoms with E-state index >= 15 is 0 Å². The Morgan fingerprint density at radius 1 is 0.898 bits per heavy atom. The van der Waals surface area contributed by atoms with Crippen LogP contribution in [0.3, 0.4) is 0 Å². The van der Waals surface area contributed by atoms with Gasteiger partial charge >= 0.3 is 5.97 Å². The van der Waals surface area contributed by atoms with E-state index in [1.807, 2.05) is 117 Å². The Balaban J connectivity index is 1.33. The van der Waals surface area contributed by atoms with Crippen LogP contribution in [-0.4, -0.2) is 58.8 Å². The fourth-order valence-electron chi connectivity index (χ4n) is 6.09. The number of rotatable bonds is 13. The molecule has 4 aromatic carbocycles. The molecule has 0 saturated carbocycles. The summed E-state index contributed by atoms with van der Waals surface area (Å²) in [6.45, 7) is 5.68. The van der Waals surface area contributed by atoms with Crippen molar-refractivity contribution in [3.63, 3.8) is 0 Å². The third-order valence-corrected chi connectivity index (χ3v) is 9.08. The van der Waals surface area contributed by atoms with Crippen molar-refractivity contribution in [1.29, 1.82) is 0 Å². The number of nitrogens with one attached hydrogen (secondary N) is 1. The van der Waals surface area contributed by atoms with Crippen molar-refractivity contribution >= 4 is 11.9 Å². The van der Waals surface area contributed by atoms with E-state index in [9.17, 15) is 19.8 Å². The standard InChI is InChI=1S/C40H46N2O7/c1-26(38(45)32-10-6-5-7-11-32)42(4)24-35-22-37(31-16-14-29(25-43)15-17-31)49-40(48-35)33-20-18-30(19-21-33)36-13-9-8-12-34(36)23-41-39(46)27(2)47-28(3)44/h5-21,26-27,35,37-38,40,43,45H,22-25H2,1-4H3,(H,41,46). The third-order valence-electron chi connectivity index (χ3n) is 9.08. The Morgan fingerprint density at radius 2 is 1.55 bits per heavy atom. The van der Waals surface area contributed by atoms with Crippen molar-refractivity contribution in [3.05, 3.63) is 131 Å². The van der Waals surface area contributed by atoms with Gasteiger partial charge in [0, 0.05) is 38.0 Å². The van der Waals surface area contributed by atoms with Gasteiger partial charge in [0.25, 0.3) is 5.91 Å². The Hall–Kier alpha value is -4.38. The first-order valence-corrected chi connectivity index (χ1v) is 16.7. The van der Waals surface area contributed by atoms with Gasteiger partial charge in [-0.1, -0.05) is 103 Å². The molecule has 1 fully saturated rings. The highest BCUT2D eigenvalue weighted by atomic mass is 16.7. The number of amides is 1. The lowest BCUT2D eigenvalue weighted by Crippen LogP contribution is -2.43.